The highest BCUT2D eigenvalue weighted by Gasteiger charge is 2.19. The van der Waals surface area contributed by atoms with Crippen LogP contribution in [0.5, 0.6) is 5.75 Å². The lowest BCUT2D eigenvalue weighted by Gasteiger charge is -2.12. The van der Waals surface area contributed by atoms with Crippen molar-refractivity contribution in [2.24, 2.45) is 0 Å². The normalized spacial score (nSPS) is 10.3. The Hall–Kier alpha value is -2.63. The molecule has 2 aromatic rings. The van der Waals surface area contributed by atoms with E-state index >= 15 is 0 Å². The number of carbonyl (C=O) groups is 1. The van der Waals surface area contributed by atoms with Crippen LogP contribution in [0.4, 0.5) is 5.95 Å². The highest BCUT2D eigenvalue weighted by Crippen LogP contribution is 2.18. The van der Waals surface area contributed by atoms with Gasteiger partial charge in [-0.3, -0.25) is 0 Å². The molecule has 0 bridgehead atoms. The maximum absolute atomic E-state index is 12.1. The monoisotopic (exact) mass is 301 g/mol. The maximum atomic E-state index is 12.1. The summed E-state index contributed by atoms with van der Waals surface area (Å²) in [5.41, 5.74) is 8.01. The van der Waals surface area contributed by atoms with Gasteiger partial charge in [0.25, 0.3) is 0 Å². The van der Waals surface area contributed by atoms with Crippen LogP contribution in [0.15, 0.2) is 24.3 Å². The Bertz CT molecular complexity index is 669. The van der Waals surface area contributed by atoms with Crippen molar-refractivity contribution in [3.63, 3.8) is 0 Å². The predicted octanol–water partition coefficient (Wildman–Crippen LogP) is 2.43. The van der Waals surface area contributed by atoms with Crippen LogP contribution in [-0.2, 0) is 11.3 Å². The molecule has 2 N–H and O–H groups in total. The Morgan fingerprint density at radius 1 is 1.18 bits per heavy atom. The van der Waals surface area contributed by atoms with Gasteiger partial charge in [-0.25, -0.2) is 14.8 Å². The van der Waals surface area contributed by atoms with Crippen LogP contribution < -0.4 is 10.5 Å². The zero-order valence-corrected chi connectivity index (χ0v) is 12.9. The second-order valence-corrected chi connectivity index (χ2v) is 4.81. The van der Waals surface area contributed by atoms with E-state index in [4.69, 9.17) is 15.2 Å². The highest BCUT2D eigenvalue weighted by molar-refractivity contribution is 5.91. The summed E-state index contributed by atoms with van der Waals surface area (Å²) in [6.45, 7) is 5.83. The number of esters is 1. The summed E-state index contributed by atoms with van der Waals surface area (Å²) in [5, 5.41) is 0. The van der Waals surface area contributed by atoms with Gasteiger partial charge in [-0.05, 0) is 32.9 Å². The molecule has 0 aliphatic carbocycles. The maximum Gasteiger partial charge on any atom is 0.341 e. The predicted molar refractivity (Wildman–Crippen MR) is 82.6 cm³/mol. The fraction of sp³-hybridized carbons (Fsp3) is 0.312. The van der Waals surface area contributed by atoms with Crippen molar-refractivity contribution in [1.82, 2.24) is 9.97 Å². The molecule has 0 spiro atoms. The third-order valence-corrected chi connectivity index (χ3v) is 3.06. The van der Waals surface area contributed by atoms with Crippen molar-refractivity contribution in [2.45, 2.75) is 27.4 Å². The van der Waals surface area contributed by atoms with E-state index in [0.29, 0.717) is 22.7 Å². The van der Waals surface area contributed by atoms with Gasteiger partial charge in [0.05, 0.1) is 18.0 Å². The molecule has 6 nitrogen and oxygen atoms in total. The molecule has 1 aromatic carbocycles. The summed E-state index contributed by atoms with van der Waals surface area (Å²) in [7, 11) is 0. The van der Waals surface area contributed by atoms with Crippen molar-refractivity contribution >= 4 is 11.9 Å². The summed E-state index contributed by atoms with van der Waals surface area (Å²) in [5.74, 6) is 0.325. The number of ether oxygens (including phenoxy) is 2. The minimum absolute atomic E-state index is 0.105. The summed E-state index contributed by atoms with van der Waals surface area (Å²) >= 11 is 0. The Balaban J connectivity index is 2.25. The molecule has 1 heterocycles. The van der Waals surface area contributed by atoms with Crippen molar-refractivity contribution in [1.29, 1.82) is 0 Å². The number of aromatic nitrogens is 2. The van der Waals surface area contributed by atoms with Gasteiger partial charge in [-0.2, -0.15) is 0 Å². The van der Waals surface area contributed by atoms with E-state index in [2.05, 4.69) is 9.97 Å². The molecular formula is C16H19N3O3. The Kier molecular flexibility index (Phi) is 4.93. The lowest BCUT2D eigenvalue weighted by molar-refractivity contribution is 0.0521. The van der Waals surface area contributed by atoms with Crippen molar-refractivity contribution in [3.05, 3.63) is 46.8 Å². The molecule has 2 rings (SSSR count). The Morgan fingerprint density at radius 2 is 1.86 bits per heavy atom. The quantitative estimate of drug-likeness (QED) is 0.853. The molecule has 6 heteroatoms. The van der Waals surface area contributed by atoms with Gasteiger partial charge in [-0.15, -0.1) is 0 Å². The number of hydrogen-bond donors (Lipinski definition) is 1. The van der Waals surface area contributed by atoms with Gasteiger partial charge in [-0.1, -0.05) is 17.7 Å². The molecule has 0 saturated carbocycles. The molecule has 0 atom stereocenters. The number of hydrogen-bond acceptors (Lipinski definition) is 6. The van der Waals surface area contributed by atoms with Crippen LogP contribution >= 0.6 is 0 Å². The lowest BCUT2D eigenvalue weighted by Crippen LogP contribution is -2.16. The van der Waals surface area contributed by atoms with E-state index in [1.54, 1.807) is 13.8 Å². The first-order valence-corrected chi connectivity index (χ1v) is 7.00. The topological polar surface area (TPSA) is 87.3 Å². The highest BCUT2D eigenvalue weighted by atomic mass is 16.5. The van der Waals surface area contributed by atoms with Crippen LogP contribution in [0.2, 0.25) is 0 Å². The van der Waals surface area contributed by atoms with E-state index in [9.17, 15) is 4.79 Å². The number of rotatable bonds is 5. The molecule has 0 unspecified atom stereocenters. The Morgan fingerprint density at radius 3 is 2.50 bits per heavy atom. The van der Waals surface area contributed by atoms with Gasteiger partial charge in [0.15, 0.2) is 0 Å². The molecule has 0 fully saturated rings. The van der Waals surface area contributed by atoms with Gasteiger partial charge in [0.2, 0.25) is 5.95 Å². The Labute approximate surface area is 129 Å². The van der Waals surface area contributed by atoms with E-state index in [0.717, 1.165) is 5.56 Å². The summed E-state index contributed by atoms with van der Waals surface area (Å²) in [4.78, 5) is 20.2. The van der Waals surface area contributed by atoms with Gasteiger partial charge in [0, 0.05) is 0 Å². The number of aryl methyl sites for hydroxylation is 2. The third kappa shape index (κ3) is 3.72. The van der Waals surface area contributed by atoms with E-state index in [1.165, 1.54) is 0 Å². The molecule has 0 radical (unpaired) electrons. The molecule has 0 aliphatic rings. The third-order valence-electron chi connectivity index (χ3n) is 3.06. The van der Waals surface area contributed by atoms with Crippen molar-refractivity contribution < 1.29 is 14.3 Å². The molecular weight excluding hydrogens is 282 g/mol. The molecule has 0 aliphatic heterocycles. The number of anilines is 1. The molecule has 0 amide bonds. The molecule has 22 heavy (non-hydrogen) atoms. The van der Waals surface area contributed by atoms with E-state index < -0.39 is 5.97 Å². The largest absolute Gasteiger partial charge is 0.487 e. The smallest absolute Gasteiger partial charge is 0.341 e. The van der Waals surface area contributed by atoms with E-state index in [1.807, 2.05) is 31.2 Å². The van der Waals surface area contributed by atoms with Gasteiger partial charge in [0.1, 0.15) is 17.9 Å². The van der Waals surface area contributed by atoms with Gasteiger partial charge < -0.3 is 15.2 Å². The first-order chi connectivity index (χ1) is 10.5. The van der Waals surface area contributed by atoms with Crippen LogP contribution in [0.3, 0.4) is 0 Å². The molecule has 116 valence electrons. The minimum Gasteiger partial charge on any atom is -0.487 e. The first kappa shape index (κ1) is 15.8. The fourth-order valence-electron chi connectivity index (χ4n) is 2.02. The van der Waals surface area contributed by atoms with Gasteiger partial charge >= 0.3 is 5.97 Å². The second-order valence-electron chi connectivity index (χ2n) is 4.81. The minimum atomic E-state index is -0.470. The number of benzene rings is 1. The van der Waals surface area contributed by atoms with Crippen LogP contribution in [0.1, 0.15) is 34.2 Å². The van der Waals surface area contributed by atoms with Crippen molar-refractivity contribution in [2.75, 3.05) is 12.3 Å². The van der Waals surface area contributed by atoms with E-state index in [-0.39, 0.29) is 19.2 Å². The number of nitrogens with two attached hydrogens (primary N) is 1. The lowest BCUT2D eigenvalue weighted by atomic mass is 10.1. The van der Waals surface area contributed by atoms with Crippen LogP contribution in [0.25, 0.3) is 0 Å². The molecule has 1 aromatic heterocycles. The number of carbonyl (C=O) groups excluding carboxylic acids is 1. The zero-order valence-electron chi connectivity index (χ0n) is 12.9. The number of nitrogens with zero attached hydrogens (tertiary/aromatic N) is 2. The summed E-state index contributed by atoms with van der Waals surface area (Å²) in [6.07, 6.45) is 0. The summed E-state index contributed by atoms with van der Waals surface area (Å²) in [6, 6.07) is 7.61. The van der Waals surface area contributed by atoms with Crippen LogP contribution in [-0.4, -0.2) is 22.5 Å². The SMILES string of the molecule is CCOC(=O)c1c(C)nc(N)nc1COc1ccc(C)cc1. The van der Waals surface area contributed by atoms with Crippen LogP contribution in [0, 0.1) is 13.8 Å². The van der Waals surface area contributed by atoms with Crippen molar-refractivity contribution in [3.8, 4) is 5.75 Å². The average Bonchev–Trinajstić information content (AvgIpc) is 2.46. The second kappa shape index (κ2) is 6.89. The average molecular weight is 301 g/mol. The first-order valence-electron chi connectivity index (χ1n) is 7.00. The number of nitrogen functional groups attached to an aromatic ring is 1. The standard InChI is InChI=1S/C16H19N3O3/c1-4-21-15(20)14-11(3)18-16(17)19-13(14)9-22-12-7-5-10(2)6-8-12/h5-8H,4,9H2,1-3H3,(H2,17,18,19). The molecule has 0 saturated heterocycles. The summed E-state index contributed by atoms with van der Waals surface area (Å²) < 4.78 is 10.7. The fourth-order valence-corrected chi connectivity index (χ4v) is 2.02. The zero-order chi connectivity index (χ0) is 16.1.